The number of hydrogen-bond acceptors (Lipinski definition) is 2. The lowest BCUT2D eigenvalue weighted by molar-refractivity contribution is 0.102. The fraction of sp³-hybridized carbons (Fsp3) is 0.0769. The van der Waals surface area contributed by atoms with Gasteiger partial charge in [-0.15, -0.1) is 0 Å². The number of rotatable bonds is 2. The monoisotopic (exact) mass is 298 g/mol. The summed E-state index contributed by atoms with van der Waals surface area (Å²) in [6.45, 7) is 1.61. The normalized spacial score (nSPS) is 10.3. The summed E-state index contributed by atoms with van der Waals surface area (Å²) in [6.07, 6.45) is 0. The molecular formula is C13H9Cl2FN2O. The number of aryl methyl sites for hydroxylation is 1. The van der Waals surface area contributed by atoms with Gasteiger partial charge in [0.05, 0.1) is 5.02 Å². The van der Waals surface area contributed by atoms with E-state index in [9.17, 15) is 9.18 Å². The summed E-state index contributed by atoms with van der Waals surface area (Å²) < 4.78 is 13.1. The summed E-state index contributed by atoms with van der Waals surface area (Å²) in [4.78, 5) is 15.8. The van der Waals surface area contributed by atoms with Crippen LogP contribution in [0, 0.1) is 12.7 Å². The predicted octanol–water partition coefficient (Wildman–Crippen LogP) is 4.09. The third kappa shape index (κ3) is 3.22. The van der Waals surface area contributed by atoms with Gasteiger partial charge in [0.2, 0.25) is 0 Å². The third-order valence-corrected chi connectivity index (χ3v) is 2.96. The first kappa shape index (κ1) is 13.8. The number of carbonyl (C=O) groups excluding carboxylic acids is 1. The summed E-state index contributed by atoms with van der Waals surface area (Å²) in [5.74, 6) is -0.838. The van der Waals surface area contributed by atoms with Gasteiger partial charge < -0.3 is 5.32 Å². The Kier molecular flexibility index (Phi) is 4.02. The van der Waals surface area contributed by atoms with Crippen molar-refractivity contribution in [2.24, 2.45) is 0 Å². The second-order valence-electron chi connectivity index (χ2n) is 3.88. The average Bonchev–Trinajstić information content (AvgIpc) is 2.36. The lowest BCUT2D eigenvalue weighted by Gasteiger charge is -2.07. The summed E-state index contributed by atoms with van der Waals surface area (Å²) in [5.41, 5.74) is 0.917. The first-order valence-corrected chi connectivity index (χ1v) is 6.12. The molecule has 1 N–H and O–H groups in total. The van der Waals surface area contributed by atoms with Gasteiger partial charge in [-0.1, -0.05) is 23.2 Å². The van der Waals surface area contributed by atoms with Crippen LogP contribution in [0.4, 0.5) is 10.1 Å². The highest BCUT2D eigenvalue weighted by atomic mass is 35.5. The molecule has 2 aromatic rings. The predicted molar refractivity (Wildman–Crippen MR) is 73.3 cm³/mol. The lowest BCUT2D eigenvalue weighted by atomic mass is 10.2. The van der Waals surface area contributed by atoms with Crippen LogP contribution in [0.2, 0.25) is 10.2 Å². The van der Waals surface area contributed by atoms with E-state index in [0.717, 1.165) is 0 Å². The zero-order valence-electron chi connectivity index (χ0n) is 9.88. The van der Waals surface area contributed by atoms with Gasteiger partial charge in [0.25, 0.3) is 5.91 Å². The van der Waals surface area contributed by atoms with E-state index < -0.39 is 5.91 Å². The van der Waals surface area contributed by atoms with E-state index in [4.69, 9.17) is 23.2 Å². The first-order chi connectivity index (χ1) is 8.97. The first-order valence-electron chi connectivity index (χ1n) is 5.37. The Hall–Kier alpha value is -1.65. The molecule has 0 radical (unpaired) electrons. The van der Waals surface area contributed by atoms with E-state index in [-0.39, 0.29) is 21.7 Å². The van der Waals surface area contributed by atoms with Gasteiger partial charge in [-0.05, 0) is 42.8 Å². The average molecular weight is 299 g/mol. The molecule has 0 saturated carbocycles. The largest absolute Gasteiger partial charge is 0.321 e. The second kappa shape index (κ2) is 5.55. The molecule has 0 atom stereocenters. The molecule has 0 unspecified atom stereocenters. The van der Waals surface area contributed by atoms with Crippen LogP contribution >= 0.6 is 23.2 Å². The number of hydrogen-bond donors (Lipinski definition) is 1. The van der Waals surface area contributed by atoms with E-state index in [1.54, 1.807) is 6.92 Å². The van der Waals surface area contributed by atoms with Gasteiger partial charge in [0.1, 0.15) is 16.7 Å². The molecule has 0 aliphatic heterocycles. The van der Waals surface area contributed by atoms with Crippen LogP contribution in [0.3, 0.4) is 0 Å². The zero-order chi connectivity index (χ0) is 14.0. The van der Waals surface area contributed by atoms with E-state index >= 15 is 0 Å². The highest BCUT2D eigenvalue weighted by Crippen LogP contribution is 2.19. The number of carbonyl (C=O) groups is 1. The minimum atomic E-state index is -0.501. The minimum Gasteiger partial charge on any atom is -0.321 e. The van der Waals surface area contributed by atoms with Crippen LogP contribution in [0.15, 0.2) is 30.3 Å². The Labute approximate surface area is 119 Å². The summed E-state index contributed by atoms with van der Waals surface area (Å²) in [5, 5.41) is 2.95. The number of amides is 1. The number of pyridine rings is 1. The van der Waals surface area contributed by atoms with Crippen molar-refractivity contribution in [1.29, 1.82) is 0 Å². The highest BCUT2D eigenvalue weighted by Gasteiger charge is 2.13. The van der Waals surface area contributed by atoms with Crippen molar-refractivity contribution in [3.8, 4) is 0 Å². The van der Waals surface area contributed by atoms with Crippen molar-refractivity contribution in [3.63, 3.8) is 0 Å². The summed E-state index contributed by atoms with van der Waals surface area (Å²) >= 11 is 11.6. The van der Waals surface area contributed by atoms with E-state index in [1.807, 2.05) is 0 Å². The molecule has 3 nitrogen and oxygen atoms in total. The lowest BCUT2D eigenvalue weighted by Crippen LogP contribution is -2.14. The molecule has 19 heavy (non-hydrogen) atoms. The van der Waals surface area contributed by atoms with Gasteiger partial charge in [-0.25, -0.2) is 9.37 Å². The molecule has 0 bridgehead atoms. The quantitative estimate of drug-likeness (QED) is 0.849. The van der Waals surface area contributed by atoms with Crippen molar-refractivity contribution >= 4 is 34.8 Å². The molecule has 0 fully saturated rings. The molecule has 0 saturated heterocycles. The van der Waals surface area contributed by atoms with Gasteiger partial charge in [-0.3, -0.25) is 4.79 Å². The fourth-order valence-corrected chi connectivity index (χ4v) is 1.83. The van der Waals surface area contributed by atoms with Crippen LogP contribution in [0.25, 0.3) is 0 Å². The van der Waals surface area contributed by atoms with Crippen molar-refractivity contribution in [2.45, 2.75) is 6.92 Å². The number of nitrogens with zero attached hydrogens (tertiary/aromatic N) is 1. The van der Waals surface area contributed by atoms with Crippen LogP contribution in [-0.4, -0.2) is 10.9 Å². The van der Waals surface area contributed by atoms with Crippen LogP contribution in [0.1, 0.15) is 16.1 Å². The molecule has 6 heteroatoms. The van der Waals surface area contributed by atoms with Gasteiger partial charge in [0.15, 0.2) is 0 Å². The maximum Gasteiger partial charge on any atom is 0.275 e. The smallest absolute Gasteiger partial charge is 0.275 e. The molecule has 1 heterocycles. The molecule has 0 aliphatic carbocycles. The second-order valence-corrected chi connectivity index (χ2v) is 4.68. The topological polar surface area (TPSA) is 42.0 Å². The zero-order valence-corrected chi connectivity index (χ0v) is 11.4. The Morgan fingerprint density at radius 3 is 2.68 bits per heavy atom. The number of anilines is 1. The van der Waals surface area contributed by atoms with Crippen molar-refractivity contribution in [1.82, 2.24) is 4.98 Å². The van der Waals surface area contributed by atoms with Crippen molar-refractivity contribution in [3.05, 3.63) is 57.6 Å². The molecule has 1 aromatic heterocycles. The molecule has 98 valence electrons. The molecule has 0 aliphatic rings. The summed E-state index contributed by atoms with van der Waals surface area (Å²) in [6, 6.07) is 7.23. The van der Waals surface area contributed by atoms with Crippen molar-refractivity contribution in [2.75, 3.05) is 5.32 Å². The Morgan fingerprint density at radius 2 is 2.00 bits per heavy atom. The van der Waals surface area contributed by atoms with Gasteiger partial charge >= 0.3 is 0 Å². The molecule has 0 spiro atoms. The highest BCUT2D eigenvalue weighted by molar-refractivity contribution is 6.35. The van der Waals surface area contributed by atoms with Crippen LogP contribution in [0.5, 0.6) is 0 Å². The maximum absolute atomic E-state index is 13.1. The van der Waals surface area contributed by atoms with E-state index in [0.29, 0.717) is 11.3 Å². The fourth-order valence-electron chi connectivity index (χ4n) is 1.49. The van der Waals surface area contributed by atoms with E-state index in [1.165, 1.54) is 30.3 Å². The number of aromatic nitrogens is 1. The standard InChI is InChI=1S/C13H9Cl2FN2O/c1-7-6-8(2-4-10(7)16)17-13(19)12-9(14)3-5-11(15)18-12/h2-6H,1H3,(H,17,19). The molecule has 1 aromatic carbocycles. The third-order valence-electron chi connectivity index (χ3n) is 2.44. The van der Waals surface area contributed by atoms with Crippen LogP contribution in [-0.2, 0) is 0 Å². The van der Waals surface area contributed by atoms with Gasteiger partial charge in [-0.2, -0.15) is 0 Å². The maximum atomic E-state index is 13.1. The van der Waals surface area contributed by atoms with E-state index in [2.05, 4.69) is 10.3 Å². The molecule has 2 rings (SSSR count). The Bertz CT molecular complexity index is 647. The molecule has 1 amide bonds. The van der Waals surface area contributed by atoms with Crippen LogP contribution < -0.4 is 5.32 Å². The number of nitrogens with one attached hydrogen (secondary N) is 1. The Morgan fingerprint density at radius 1 is 1.26 bits per heavy atom. The molecular weight excluding hydrogens is 290 g/mol. The summed E-state index contributed by atoms with van der Waals surface area (Å²) in [7, 11) is 0. The minimum absolute atomic E-state index is 0.0242. The SMILES string of the molecule is Cc1cc(NC(=O)c2nc(Cl)ccc2Cl)ccc1F. The number of benzene rings is 1. The van der Waals surface area contributed by atoms with Crippen molar-refractivity contribution < 1.29 is 9.18 Å². The number of halogens is 3. The van der Waals surface area contributed by atoms with Gasteiger partial charge in [0, 0.05) is 5.69 Å². The Balaban J connectivity index is 2.25.